The van der Waals surface area contributed by atoms with Crippen LogP contribution >= 0.6 is 15.9 Å². The Kier molecular flexibility index (Phi) is 4.74. The molecule has 0 aromatic heterocycles. The quantitative estimate of drug-likeness (QED) is 0.769. The molecule has 0 aliphatic carbocycles. The molecule has 3 heteroatoms. The molecule has 2 aromatic carbocycles. The molecular formula is C16H15BrO2. The summed E-state index contributed by atoms with van der Waals surface area (Å²) >= 11 is 3.37. The summed E-state index contributed by atoms with van der Waals surface area (Å²) in [6.45, 7) is 2.14. The van der Waals surface area contributed by atoms with E-state index in [1.54, 1.807) is 6.07 Å². The molecule has 0 saturated carbocycles. The van der Waals surface area contributed by atoms with Gasteiger partial charge in [0, 0.05) is 10.0 Å². The van der Waals surface area contributed by atoms with Crippen molar-refractivity contribution in [3.05, 3.63) is 64.1 Å². The zero-order valence-corrected chi connectivity index (χ0v) is 12.3. The number of halogens is 1. The van der Waals surface area contributed by atoms with E-state index in [1.807, 2.05) is 42.5 Å². The monoisotopic (exact) mass is 318 g/mol. The van der Waals surface area contributed by atoms with Crippen molar-refractivity contribution in [1.82, 2.24) is 0 Å². The number of ketones is 1. The highest BCUT2D eigenvalue weighted by molar-refractivity contribution is 9.10. The first-order valence-corrected chi connectivity index (χ1v) is 6.99. The minimum atomic E-state index is -0.0330. The van der Waals surface area contributed by atoms with Crippen molar-refractivity contribution in [3.63, 3.8) is 0 Å². The van der Waals surface area contributed by atoms with Gasteiger partial charge in [0.1, 0.15) is 5.75 Å². The predicted octanol–water partition coefficient (Wildman–Crippen LogP) is 4.27. The summed E-state index contributed by atoms with van der Waals surface area (Å²) in [5.41, 5.74) is 1.85. The van der Waals surface area contributed by atoms with Gasteiger partial charge in [-0.1, -0.05) is 53.2 Å². The Morgan fingerprint density at radius 2 is 1.95 bits per heavy atom. The Balaban J connectivity index is 2.02. The smallest absolute Gasteiger partial charge is 0.201 e. The number of hydrogen-bond acceptors (Lipinski definition) is 2. The minimum Gasteiger partial charge on any atom is -0.485 e. The van der Waals surface area contributed by atoms with Gasteiger partial charge in [0.2, 0.25) is 5.78 Å². The van der Waals surface area contributed by atoms with E-state index in [0.29, 0.717) is 5.56 Å². The fourth-order valence-corrected chi connectivity index (χ4v) is 2.28. The molecule has 0 spiro atoms. The van der Waals surface area contributed by atoms with Crippen LogP contribution in [0.4, 0.5) is 0 Å². The van der Waals surface area contributed by atoms with Crippen LogP contribution in [0.15, 0.2) is 53.0 Å². The van der Waals surface area contributed by atoms with E-state index in [0.717, 1.165) is 16.6 Å². The third kappa shape index (κ3) is 3.67. The lowest BCUT2D eigenvalue weighted by Gasteiger charge is -2.07. The molecule has 0 amide bonds. The molecule has 0 heterocycles. The van der Waals surface area contributed by atoms with Crippen LogP contribution in [0, 0.1) is 0 Å². The molecule has 2 nitrogen and oxygen atoms in total. The summed E-state index contributed by atoms with van der Waals surface area (Å²) in [4.78, 5) is 12.0. The molecule has 19 heavy (non-hydrogen) atoms. The molecular weight excluding hydrogens is 304 g/mol. The Morgan fingerprint density at radius 3 is 2.68 bits per heavy atom. The van der Waals surface area contributed by atoms with E-state index < -0.39 is 0 Å². The molecule has 0 saturated heterocycles. The molecule has 0 unspecified atom stereocenters. The molecule has 0 fully saturated rings. The van der Waals surface area contributed by atoms with Crippen molar-refractivity contribution >= 4 is 21.7 Å². The second-order valence-electron chi connectivity index (χ2n) is 4.19. The zero-order chi connectivity index (χ0) is 13.7. The first-order valence-electron chi connectivity index (χ1n) is 6.20. The Hall–Kier alpha value is -1.61. The van der Waals surface area contributed by atoms with Crippen LogP contribution in [0.2, 0.25) is 0 Å². The summed E-state index contributed by atoms with van der Waals surface area (Å²) in [5.74, 6) is 0.703. The number of carbonyl (C=O) groups is 1. The molecule has 0 bridgehead atoms. The normalized spacial score (nSPS) is 10.2. The van der Waals surface area contributed by atoms with E-state index >= 15 is 0 Å². The zero-order valence-electron chi connectivity index (χ0n) is 10.7. The number of ether oxygens (including phenoxy) is 1. The van der Waals surface area contributed by atoms with E-state index in [9.17, 15) is 4.79 Å². The van der Waals surface area contributed by atoms with Gasteiger partial charge in [-0.2, -0.15) is 0 Å². The first-order chi connectivity index (χ1) is 9.20. The lowest BCUT2D eigenvalue weighted by atomic mass is 10.1. The van der Waals surface area contributed by atoms with Gasteiger partial charge in [-0.05, 0) is 30.2 Å². The molecule has 2 rings (SSSR count). The van der Waals surface area contributed by atoms with Gasteiger partial charge < -0.3 is 4.74 Å². The van der Waals surface area contributed by atoms with Crippen LogP contribution in [-0.4, -0.2) is 12.4 Å². The Labute approximate surface area is 121 Å². The SMILES string of the molecule is CCc1cccc(OCC(=O)c2ccccc2Br)c1. The van der Waals surface area contributed by atoms with Crippen molar-refractivity contribution in [1.29, 1.82) is 0 Å². The molecule has 2 aromatic rings. The second kappa shape index (κ2) is 6.53. The lowest BCUT2D eigenvalue weighted by Crippen LogP contribution is -2.12. The summed E-state index contributed by atoms with van der Waals surface area (Å²) in [6.07, 6.45) is 0.954. The van der Waals surface area contributed by atoms with E-state index in [-0.39, 0.29) is 12.4 Å². The predicted molar refractivity (Wildman–Crippen MR) is 79.8 cm³/mol. The van der Waals surface area contributed by atoms with Crippen LogP contribution in [0.5, 0.6) is 5.75 Å². The molecule has 0 N–H and O–H groups in total. The van der Waals surface area contributed by atoms with Crippen molar-refractivity contribution in [2.24, 2.45) is 0 Å². The molecule has 0 atom stereocenters. The highest BCUT2D eigenvalue weighted by atomic mass is 79.9. The molecule has 0 aliphatic heterocycles. The van der Waals surface area contributed by atoms with Crippen molar-refractivity contribution in [3.8, 4) is 5.75 Å². The fraction of sp³-hybridized carbons (Fsp3) is 0.188. The van der Waals surface area contributed by atoms with Gasteiger partial charge >= 0.3 is 0 Å². The first kappa shape index (κ1) is 13.8. The van der Waals surface area contributed by atoms with Crippen LogP contribution in [0.25, 0.3) is 0 Å². The van der Waals surface area contributed by atoms with E-state index in [2.05, 4.69) is 22.9 Å². The van der Waals surface area contributed by atoms with Crippen molar-refractivity contribution < 1.29 is 9.53 Å². The van der Waals surface area contributed by atoms with Crippen molar-refractivity contribution in [2.45, 2.75) is 13.3 Å². The van der Waals surface area contributed by atoms with E-state index in [4.69, 9.17) is 4.74 Å². The fourth-order valence-electron chi connectivity index (χ4n) is 1.77. The van der Waals surface area contributed by atoms with Gasteiger partial charge in [-0.3, -0.25) is 4.79 Å². The summed E-state index contributed by atoms with van der Waals surface area (Å²) < 4.78 is 6.35. The van der Waals surface area contributed by atoms with Gasteiger partial charge in [0.15, 0.2) is 6.61 Å². The van der Waals surface area contributed by atoms with Crippen LogP contribution in [0.1, 0.15) is 22.8 Å². The van der Waals surface area contributed by atoms with Crippen LogP contribution in [-0.2, 0) is 6.42 Å². The molecule has 0 aliphatic rings. The number of rotatable bonds is 5. The lowest BCUT2D eigenvalue weighted by molar-refractivity contribution is 0.0920. The van der Waals surface area contributed by atoms with Gasteiger partial charge in [-0.15, -0.1) is 0 Å². The average Bonchev–Trinajstić information content (AvgIpc) is 2.45. The maximum absolute atomic E-state index is 12.0. The summed E-state index contributed by atoms with van der Waals surface area (Å²) in [5, 5.41) is 0. The summed E-state index contributed by atoms with van der Waals surface area (Å²) in [6, 6.07) is 15.2. The van der Waals surface area contributed by atoms with Gasteiger partial charge in [-0.25, -0.2) is 0 Å². The average molecular weight is 319 g/mol. The van der Waals surface area contributed by atoms with Gasteiger partial charge in [0.05, 0.1) is 0 Å². The van der Waals surface area contributed by atoms with Crippen LogP contribution in [0.3, 0.4) is 0 Å². The maximum Gasteiger partial charge on any atom is 0.201 e. The summed E-state index contributed by atoms with van der Waals surface area (Å²) in [7, 11) is 0. The van der Waals surface area contributed by atoms with E-state index in [1.165, 1.54) is 5.56 Å². The third-order valence-electron chi connectivity index (χ3n) is 2.85. The maximum atomic E-state index is 12.0. The number of aryl methyl sites for hydroxylation is 1. The Bertz CT molecular complexity index is 578. The highest BCUT2D eigenvalue weighted by Gasteiger charge is 2.10. The van der Waals surface area contributed by atoms with Crippen LogP contribution < -0.4 is 4.74 Å². The number of Topliss-reactive ketones (excluding diaryl/α,β-unsaturated/α-hetero) is 1. The standard InChI is InChI=1S/C16H15BrO2/c1-2-12-6-5-7-13(10-12)19-11-16(18)14-8-3-4-9-15(14)17/h3-10H,2,11H2,1H3. The molecule has 0 radical (unpaired) electrons. The number of carbonyl (C=O) groups excluding carboxylic acids is 1. The highest BCUT2D eigenvalue weighted by Crippen LogP contribution is 2.18. The minimum absolute atomic E-state index is 0.0330. The third-order valence-corrected chi connectivity index (χ3v) is 3.54. The topological polar surface area (TPSA) is 26.3 Å². The Morgan fingerprint density at radius 1 is 1.16 bits per heavy atom. The number of benzene rings is 2. The number of hydrogen-bond donors (Lipinski definition) is 0. The molecule has 98 valence electrons. The van der Waals surface area contributed by atoms with Gasteiger partial charge in [0.25, 0.3) is 0 Å². The van der Waals surface area contributed by atoms with Crippen molar-refractivity contribution in [2.75, 3.05) is 6.61 Å². The second-order valence-corrected chi connectivity index (χ2v) is 5.05. The largest absolute Gasteiger partial charge is 0.485 e.